The summed E-state index contributed by atoms with van der Waals surface area (Å²) in [6.07, 6.45) is 2.77. The van der Waals surface area contributed by atoms with Gasteiger partial charge in [-0.05, 0) is 48.4 Å². The van der Waals surface area contributed by atoms with Crippen LogP contribution in [0.4, 0.5) is 0 Å². The van der Waals surface area contributed by atoms with Crippen LogP contribution in [0, 0.1) is 5.41 Å². The summed E-state index contributed by atoms with van der Waals surface area (Å²) in [6.45, 7) is 2.39. The Bertz CT molecular complexity index is 466. The highest BCUT2D eigenvalue weighted by atomic mass is 31.1. The predicted octanol–water partition coefficient (Wildman–Crippen LogP) is 2.29. The van der Waals surface area contributed by atoms with Gasteiger partial charge in [0.15, 0.2) is 0 Å². The summed E-state index contributed by atoms with van der Waals surface area (Å²) in [5, 5.41) is 4.60. The molecule has 0 atom stereocenters. The summed E-state index contributed by atoms with van der Waals surface area (Å²) in [5.41, 5.74) is 0.546. The molecular weight excluding hydrogens is 175 g/mol. The molecule has 13 heavy (non-hydrogen) atoms. The fraction of sp³-hybridized carbons (Fsp3) is 0.333. The second-order valence-corrected chi connectivity index (χ2v) is 5.22. The third-order valence-electron chi connectivity index (χ3n) is 3.12. The van der Waals surface area contributed by atoms with E-state index in [-0.39, 0.29) is 0 Å². The van der Waals surface area contributed by atoms with E-state index in [4.69, 9.17) is 0 Å². The van der Waals surface area contributed by atoms with E-state index < -0.39 is 0 Å². The molecule has 0 N–H and O–H groups in total. The van der Waals surface area contributed by atoms with Gasteiger partial charge in [-0.25, -0.2) is 0 Å². The quantitative estimate of drug-likeness (QED) is 0.592. The third-order valence-corrected chi connectivity index (χ3v) is 4.57. The van der Waals surface area contributed by atoms with Gasteiger partial charge in [0.05, 0.1) is 0 Å². The standard InChI is InChI=1S/C12H12P/c1-12(6-7-12)11-10-5-3-2-4-9(10)8-13-11/h2-5,8H,6-7H2,1H3. The molecule has 1 aliphatic carbocycles. The van der Waals surface area contributed by atoms with Gasteiger partial charge in [-0.3, -0.25) is 0 Å². The summed E-state index contributed by atoms with van der Waals surface area (Å²) in [4.78, 5) is 0. The Morgan fingerprint density at radius 1 is 1.23 bits per heavy atom. The van der Waals surface area contributed by atoms with Crippen LogP contribution in [0.3, 0.4) is 0 Å². The van der Waals surface area contributed by atoms with E-state index >= 15 is 0 Å². The van der Waals surface area contributed by atoms with Crippen molar-refractivity contribution in [1.29, 1.82) is 0 Å². The highest BCUT2D eigenvalue weighted by molar-refractivity contribution is 7.58. The average Bonchev–Trinajstić information content (AvgIpc) is 2.76. The first-order chi connectivity index (χ1) is 6.30. The van der Waals surface area contributed by atoms with Crippen molar-refractivity contribution in [3.8, 4) is 0 Å². The molecule has 1 aliphatic heterocycles. The van der Waals surface area contributed by atoms with Gasteiger partial charge in [0.2, 0.25) is 0 Å². The van der Waals surface area contributed by atoms with E-state index in [0.29, 0.717) is 5.41 Å². The van der Waals surface area contributed by atoms with E-state index in [1.165, 1.54) is 31.9 Å². The van der Waals surface area contributed by atoms with E-state index in [1.807, 2.05) is 0 Å². The van der Waals surface area contributed by atoms with E-state index in [0.717, 1.165) is 0 Å². The van der Waals surface area contributed by atoms with Crippen molar-refractivity contribution in [2.75, 3.05) is 0 Å². The van der Waals surface area contributed by atoms with Crippen molar-refractivity contribution in [2.24, 2.45) is 5.41 Å². The Kier molecular flexibility index (Phi) is 1.46. The predicted molar refractivity (Wildman–Crippen MR) is 57.8 cm³/mol. The normalized spacial score (nSPS) is 24.2. The molecule has 0 nitrogen and oxygen atoms in total. The smallest absolute Gasteiger partial charge is 0.00576 e. The van der Waals surface area contributed by atoms with Gasteiger partial charge < -0.3 is 0 Å². The zero-order valence-corrected chi connectivity index (χ0v) is 8.64. The van der Waals surface area contributed by atoms with Gasteiger partial charge >= 0.3 is 0 Å². The minimum atomic E-state index is 0.546. The largest absolute Gasteiger partial charge is 0.0616 e. The summed E-state index contributed by atoms with van der Waals surface area (Å²) < 4.78 is 0. The molecule has 0 aromatic heterocycles. The van der Waals surface area contributed by atoms with Crippen LogP contribution in [-0.2, 0) is 0 Å². The first kappa shape index (κ1) is 7.76. The van der Waals surface area contributed by atoms with Gasteiger partial charge in [-0.1, -0.05) is 31.2 Å². The molecule has 0 unspecified atom stereocenters. The first-order valence-electron chi connectivity index (χ1n) is 4.80. The minimum absolute atomic E-state index is 0.546. The van der Waals surface area contributed by atoms with Crippen LogP contribution in [0.5, 0.6) is 0 Å². The van der Waals surface area contributed by atoms with Crippen molar-refractivity contribution >= 4 is 19.7 Å². The van der Waals surface area contributed by atoms with E-state index in [1.54, 1.807) is 5.31 Å². The third kappa shape index (κ3) is 1.09. The Balaban J connectivity index is 2.32. The highest BCUT2D eigenvalue weighted by Crippen LogP contribution is 2.58. The van der Waals surface area contributed by atoms with Crippen LogP contribution in [0.1, 0.15) is 19.8 Å². The lowest BCUT2D eigenvalue weighted by Gasteiger charge is -2.08. The fourth-order valence-corrected chi connectivity index (χ4v) is 3.31. The molecule has 2 aliphatic rings. The van der Waals surface area contributed by atoms with Crippen LogP contribution < -0.4 is 10.4 Å². The van der Waals surface area contributed by atoms with Crippen LogP contribution in [0.25, 0.3) is 11.1 Å². The van der Waals surface area contributed by atoms with E-state index in [9.17, 15) is 0 Å². The molecule has 65 valence electrons. The van der Waals surface area contributed by atoms with Crippen LogP contribution in [-0.4, -0.2) is 0 Å². The number of fused-ring (bicyclic) bond motifs is 1. The van der Waals surface area contributed by atoms with Crippen molar-refractivity contribution < 1.29 is 0 Å². The lowest BCUT2D eigenvalue weighted by molar-refractivity contribution is 0.788. The summed E-state index contributed by atoms with van der Waals surface area (Å²) in [5.74, 6) is 2.34. The summed E-state index contributed by atoms with van der Waals surface area (Å²) in [7, 11) is 1.44. The molecule has 3 rings (SSSR count). The first-order valence-corrected chi connectivity index (χ1v) is 5.77. The minimum Gasteiger partial charge on any atom is -0.0616 e. The summed E-state index contributed by atoms with van der Waals surface area (Å²) >= 11 is 0. The summed E-state index contributed by atoms with van der Waals surface area (Å²) in [6, 6.07) is 8.77. The highest BCUT2D eigenvalue weighted by Gasteiger charge is 2.41. The Hall–Kier alpha value is -0.610. The molecule has 1 aromatic carbocycles. The molecule has 0 amide bonds. The molecule has 1 heterocycles. The van der Waals surface area contributed by atoms with Crippen molar-refractivity contribution in [1.82, 2.24) is 0 Å². The van der Waals surface area contributed by atoms with Gasteiger partial charge in [-0.2, -0.15) is 0 Å². The van der Waals surface area contributed by atoms with Gasteiger partial charge in [0, 0.05) is 0 Å². The second kappa shape index (κ2) is 2.45. The van der Waals surface area contributed by atoms with Gasteiger partial charge in [-0.15, -0.1) is 0 Å². The van der Waals surface area contributed by atoms with Gasteiger partial charge in [0.1, 0.15) is 0 Å². The Morgan fingerprint density at radius 3 is 2.77 bits per heavy atom. The maximum atomic E-state index is 2.39. The molecular formula is C12H12P. The zero-order valence-electron chi connectivity index (χ0n) is 7.75. The molecule has 1 aromatic rings. The lowest BCUT2D eigenvalue weighted by Crippen LogP contribution is -2.23. The van der Waals surface area contributed by atoms with Crippen LogP contribution in [0.2, 0.25) is 0 Å². The number of rotatable bonds is 1. The maximum absolute atomic E-state index is 2.39. The zero-order chi connectivity index (χ0) is 8.89. The number of hydrogen-bond donors (Lipinski definition) is 0. The van der Waals surface area contributed by atoms with E-state index in [2.05, 4.69) is 37.0 Å². The molecule has 0 bridgehead atoms. The fourth-order valence-electron chi connectivity index (χ4n) is 1.93. The molecule has 1 saturated carbocycles. The second-order valence-electron chi connectivity index (χ2n) is 4.25. The topological polar surface area (TPSA) is 0 Å². The lowest BCUT2D eigenvalue weighted by atomic mass is 10.1. The monoisotopic (exact) mass is 187 g/mol. The molecule has 0 spiro atoms. The number of benzene rings is 1. The average molecular weight is 187 g/mol. The Morgan fingerprint density at radius 2 is 2.00 bits per heavy atom. The van der Waals surface area contributed by atoms with Crippen LogP contribution in [0.15, 0.2) is 24.3 Å². The SMILES string of the molecule is CC1(C2=c3ccccc3=C[P]2)CC1. The molecule has 1 fully saturated rings. The van der Waals surface area contributed by atoms with Crippen molar-refractivity contribution in [3.05, 3.63) is 34.7 Å². The molecule has 1 radical (unpaired) electrons. The number of hydrogen-bond acceptors (Lipinski definition) is 0. The molecule has 0 saturated heterocycles. The van der Waals surface area contributed by atoms with Gasteiger partial charge in [0.25, 0.3) is 0 Å². The Labute approximate surface area is 80.1 Å². The maximum Gasteiger partial charge on any atom is -0.00576 e. The van der Waals surface area contributed by atoms with Crippen molar-refractivity contribution in [2.45, 2.75) is 19.8 Å². The van der Waals surface area contributed by atoms with Crippen LogP contribution >= 0.6 is 8.58 Å². The van der Waals surface area contributed by atoms with Crippen molar-refractivity contribution in [3.63, 3.8) is 0 Å². The molecule has 1 heteroatoms.